The van der Waals surface area contributed by atoms with Gasteiger partial charge in [0.1, 0.15) is 11.6 Å². The first-order valence-corrected chi connectivity index (χ1v) is 6.63. The normalized spacial score (nSPS) is 12.7. The van der Waals surface area contributed by atoms with E-state index in [1.54, 1.807) is 12.1 Å². The van der Waals surface area contributed by atoms with Crippen molar-refractivity contribution in [2.24, 2.45) is 0 Å². The van der Waals surface area contributed by atoms with Gasteiger partial charge in [-0.1, -0.05) is 17.7 Å². The molecule has 18 heavy (non-hydrogen) atoms. The molecule has 0 fully saturated rings. The van der Waals surface area contributed by atoms with Crippen LogP contribution < -0.4 is 5.32 Å². The zero-order chi connectivity index (χ0) is 13.1. The summed E-state index contributed by atoms with van der Waals surface area (Å²) in [6.45, 7) is 0. The summed E-state index contributed by atoms with van der Waals surface area (Å²) < 4.78 is 19.3. The summed E-state index contributed by atoms with van der Waals surface area (Å²) in [6, 6.07) is 8.51. The molecule has 1 heterocycles. The van der Waals surface area contributed by atoms with Crippen LogP contribution in [0.1, 0.15) is 17.4 Å². The average Bonchev–Trinajstić information content (AvgIpc) is 2.77. The van der Waals surface area contributed by atoms with Gasteiger partial charge in [-0.2, -0.15) is 0 Å². The molecule has 0 aliphatic carbocycles. The minimum atomic E-state index is -0.401. The van der Waals surface area contributed by atoms with Crippen LogP contribution in [0.25, 0.3) is 0 Å². The SMILES string of the molecule is CNC(Cc1ccc(F)c(Cl)c1)c1ccc(Br)o1. The van der Waals surface area contributed by atoms with Crippen LogP contribution >= 0.6 is 27.5 Å². The second kappa shape index (κ2) is 5.87. The van der Waals surface area contributed by atoms with E-state index in [1.165, 1.54) is 6.07 Å². The molecule has 1 N–H and O–H groups in total. The lowest BCUT2D eigenvalue weighted by Crippen LogP contribution is -2.18. The van der Waals surface area contributed by atoms with E-state index in [1.807, 2.05) is 19.2 Å². The van der Waals surface area contributed by atoms with Crippen molar-refractivity contribution >= 4 is 27.5 Å². The highest BCUT2D eigenvalue weighted by molar-refractivity contribution is 9.10. The Morgan fingerprint density at radius 2 is 2.17 bits per heavy atom. The maximum atomic E-state index is 13.1. The minimum Gasteiger partial charge on any atom is -0.453 e. The van der Waals surface area contributed by atoms with Crippen LogP contribution in [0.4, 0.5) is 4.39 Å². The zero-order valence-electron chi connectivity index (χ0n) is 9.71. The van der Waals surface area contributed by atoms with Crippen LogP contribution in [-0.4, -0.2) is 7.05 Å². The molecule has 0 saturated carbocycles. The second-order valence-corrected chi connectivity index (χ2v) is 5.12. The molecule has 1 aromatic heterocycles. The Balaban J connectivity index is 2.17. The third-order valence-electron chi connectivity index (χ3n) is 2.71. The molecule has 5 heteroatoms. The first-order chi connectivity index (χ1) is 8.60. The smallest absolute Gasteiger partial charge is 0.169 e. The first kappa shape index (κ1) is 13.6. The highest BCUT2D eigenvalue weighted by atomic mass is 79.9. The molecule has 0 aliphatic heterocycles. The van der Waals surface area contributed by atoms with E-state index in [4.69, 9.17) is 16.0 Å². The van der Waals surface area contributed by atoms with E-state index in [0.29, 0.717) is 11.1 Å². The summed E-state index contributed by atoms with van der Waals surface area (Å²) >= 11 is 9.04. The van der Waals surface area contributed by atoms with E-state index >= 15 is 0 Å². The molecule has 0 spiro atoms. The number of benzene rings is 1. The van der Waals surface area contributed by atoms with Gasteiger partial charge >= 0.3 is 0 Å². The number of hydrogen-bond acceptors (Lipinski definition) is 2. The van der Waals surface area contributed by atoms with E-state index in [2.05, 4.69) is 21.2 Å². The largest absolute Gasteiger partial charge is 0.453 e. The lowest BCUT2D eigenvalue weighted by Gasteiger charge is -2.13. The van der Waals surface area contributed by atoms with Crippen LogP contribution in [0.3, 0.4) is 0 Å². The predicted molar refractivity (Wildman–Crippen MR) is 73.3 cm³/mol. The van der Waals surface area contributed by atoms with Crippen molar-refractivity contribution in [2.45, 2.75) is 12.5 Å². The fourth-order valence-corrected chi connectivity index (χ4v) is 2.28. The molecular weight excluding hydrogens is 321 g/mol. The van der Waals surface area contributed by atoms with Crippen LogP contribution in [0.5, 0.6) is 0 Å². The number of likely N-dealkylation sites (N-methyl/N-ethyl adjacent to an activating group) is 1. The zero-order valence-corrected chi connectivity index (χ0v) is 12.1. The third-order valence-corrected chi connectivity index (χ3v) is 3.43. The van der Waals surface area contributed by atoms with Gasteiger partial charge in [0.15, 0.2) is 4.67 Å². The molecule has 0 amide bonds. The summed E-state index contributed by atoms with van der Waals surface area (Å²) in [5.41, 5.74) is 0.952. The van der Waals surface area contributed by atoms with Crippen molar-refractivity contribution in [2.75, 3.05) is 7.05 Å². The summed E-state index contributed by atoms with van der Waals surface area (Å²) in [5.74, 6) is 0.423. The van der Waals surface area contributed by atoms with Gasteiger partial charge in [-0.3, -0.25) is 0 Å². The van der Waals surface area contributed by atoms with Crippen molar-refractivity contribution in [3.8, 4) is 0 Å². The average molecular weight is 333 g/mol. The maximum Gasteiger partial charge on any atom is 0.169 e. The Morgan fingerprint density at radius 3 is 2.72 bits per heavy atom. The molecule has 0 saturated heterocycles. The molecule has 2 rings (SSSR count). The molecule has 2 nitrogen and oxygen atoms in total. The third kappa shape index (κ3) is 3.13. The molecule has 1 atom stereocenters. The van der Waals surface area contributed by atoms with Gasteiger partial charge in [0, 0.05) is 0 Å². The minimum absolute atomic E-state index is 0.0258. The van der Waals surface area contributed by atoms with Gasteiger partial charge in [0.05, 0.1) is 11.1 Å². The number of rotatable bonds is 4. The molecular formula is C13H12BrClFNO. The standard InChI is InChI=1S/C13H12BrClFNO/c1-17-11(12-4-5-13(14)18-12)7-8-2-3-10(16)9(15)6-8/h2-6,11,17H,7H2,1H3. The molecule has 0 radical (unpaired) electrons. The Bertz CT molecular complexity index is 544. The van der Waals surface area contributed by atoms with Crippen LogP contribution in [0.2, 0.25) is 5.02 Å². The van der Waals surface area contributed by atoms with E-state index in [9.17, 15) is 4.39 Å². The Kier molecular flexibility index (Phi) is 4.43. The van der Waals surface area contributed by atoms with Gasteiger partial charge < -0.3 is 9.73 Å². The first-order valence-electron chi connectivity index (χ1n) is 5.46. The van der Waals surface area contributed by atoms with Crippen molar-refractivity contribution in [1.82, 2.24) is 5.32 Å². The Morgan fingerprint density at radius 1 is 1.39 bits per heavy atom. The van der Waals surface area contributed by atoms with Gasteiger partial charge in [-0.25, -0.2) is 4.39 Å². The quantitative estimate of drug-likeness (QED) is 0.901. The Labute approximate surface area is 118 Å². The highest BCUT2D eigenvalue weighted by Crippen LogP contribution is 2.25. The van der Waals surface area contributed by atoms with Gasteiger partial charge in [0.25, 0.3) is 0 Å². The molecule has 96 valence electrons. The number of furan rings is 1. The highest BCUT2D eigenvalue weighted by Gasteiger charge is 2.14. The Hall–Kier alpha value is -0.840. The molecule has 1 aromatic carbocycles. The predicted octanol–water partition coefficient (Wildman–Crippen LogP) is 4.34. The topological polar surface area (TPSA) is 25.2 Å². The van der Waals surface area contributed by atoms with Crippen molar-refractivity contribution in [1.29, 1.82) is 0 Å². The molecule has 0 aliphatic rings. The van der Waals surface area contributed by atoms with E-state index in [-0.39, 0.29) is 11.1 Å². The van der Waals surface area contributed by atoms with Gasteiger partial charge in [-0.15, -0.1) is 0 Å². The van der Waals surface area contributed by atoms with Crippen molar-refractivity contribution in [3.63, 3.8) is 0 Å². The number of hydrogen-bond donors (Lipinski definition) is 1. The maximum absolute atomic E-state index is 13.1. The lowest BCUT2D eigenvalue weighted by molar-refractivity contribution is 0.416. The van der Waals surface area contributed by atoms with E-state index in [0.717, 1.165) is 11.3 Å². The fourth-order valence-electron chi connectivity index (χ4n) is 1.76. The van der Waals surface area contributed by atoms with Crippen molar-refractivity contribution < 1.29 is 8.81 Å². The van der Waals surface area contributed by atoms with Crippen LogP contribution in [0, 0.1) is 5.82 Å². The number of halogens is 3. The monoisotopic (exact) mass is 331 g/mol. The molecule has 2 aromatic rings. The lowest BCUT2D eigenvalue weighted by atomic mass is 10.0. The summed E-state index contributed by atoms with van der Waals surface area (Å²) in [4.78, 5) is 0. The summed E-state index contributed by atoms with van der Waals surface area (Å²) in [7, 11) is 1.85. The van der Waals surface area contributed by atoms with Gasteiger partial charge in [0.2, 0.25) is 0 Å². The number of nitrogens with one attached hydrogen (secondary N) is 1. The van der Waals surface area contributed by atoms with Crippen molar-refractivity contribution in [3.05, 3.63) is 57.2 Å². The van der Waals surface area contributed by atoms with Crippen LogP contribution in [0.15, 0.2) is 39.4 Å². The fraction of sp³-hybridized carbons (Fsp3) is 0.231. The molecule has 1 unspecified atom stereocenters. The molecule has 0 bridgehead atoms. The van der Waals surface area contributed by atoms with E-state index < -0.39 is 5.82 Å². The summed E-state index contributed by atoms with van der Waals surface area (Å²) in [5, 5.41) is 3.30. The summed E-state index contributed by atoms with van der Waals surface area (Å²) in [6.07, 6.45) is 0.677. The van der Waals surface area contributed by atoms with Gasteiger partial charge in [-0.05, 0) is 59.2 Å². The second-order valence-electron chi connectivity index (χ2n) is 3.94. The van der Waals surface area contributed by atoms with Crippen LogP contribution in [-0.2, 0) is 6.42 Å².